The normalized spacial score (nSPS) is 12.4. The zero-order valence-electron chi connectivity index (χ0n) is 8.33. The average Bonchev–Trinajstić information content (AvgIpc) is 2.19. The number of aromatic hydroxyl groups is 1. The first-order valence-corrected chi connectivity index (χ1v) is 4.88. The fourth-order valence-electron chi connectivity index (χ4n) is 1.03. The second-order valence-electron chi connectivity index (χ2n) is 3.29. The Morgan fingerprint density at radius 1 is 1.67 bits per heavy atom. The molecule has 1 atom stereocenters. The Kier molecular flexibility index (Phi) is 3.94. The van der Waals surface area contributed by atoms with E-state index in [0.717, 1.165) is 5.56 Å². The van der Waals surface area contributed by atoms with Crippen molar-refractivity contribution < 1.29 is 9.90 Å². The van der Waals surface area contributed by atoms with Gasteiger partial charge in [0.05, 0.1) is 11.1 Å². The molecule has 15 heavy (non-hydrogen) atoms. The lowest BCUT2D eigenvalue weighted by Crippen LogP contribution is -2.38. The molecular weight excluding hydrogens is 216 g/mol. The van der Waals surface area contributed by atoms with Crippen molar-refractivity contribution in [3.63, 3.8) is 0 Å². The van der Waals surface area contributed by atoms with E-state index < -0.39 is 11.9 Å². The summed E-state index contributed by atoms with van der Waals surface area (Å²) in [5, 5.41) is 12.4. The number of phenolic OH excluding ortho intramolecular Hbond substituents is 1. The van der Waals surface area contributed by atoms with Gasteiger partial charge in [0.1, 0.15) is 5.75 Å². The number of amides is 1. The first kappa shape index (κ1) is 11.8. The Bertz CT molecular complexity index is 368. The van der Waals surface area contributed by atoms with E-state index in [0.29, 0.717) is 11.6 Å². The summed E-state index contributed by atoms with van der Waals surface area (Å²) in [4.78, 5) is 10.7. The van der Waals surface area contributed by atoms with Crippen LogP contribution < -0.4 is 11.1 Å². The highest BCUT2D eigenvalue weighted by molar-refractivity contribution is 6.32. The third-order valence-corrected chi connectivity index (χ3v) is 2.35. The summed E-state index contributed by atoms with van der Waals surface area (Å²) >= 11 is 5.72. The molecule has 1 aromatic rings. The van der Waals surface area contributed by atoms with Crippen molar-refractivity contribution in [2.75, 3.05) is 0 Å². The molecule has 1 amide bonds. The van der Waals surface area contributed by atoms with E-state index in [9.17, 15) is 9.90 Å². The highest BCUT2D eigenvalue weighted by atomic mass is 35.5. The number of nitrogens with one attached hydrogen (secondary N) is 1. The van der Waals surface area contributed by atoms with Crippen molar-refractivity contribution >= 4 is 17.5 Å². The quantitative estimate of drug-likeness (QED) is 0.720. The minimum Gasteiger partial charge on any atom is -0.506 e. The first-order chi connectivity index (χ1) is 7.00. The molecule has 1 rings (SSSR count). The highest BCUT2D eigenvalue weighted by Gasteiger charge is 2.07. The van der Waals surface area contributed by atoms with Crippen LogP contribution in [0, 0.1) is 0 Å². The van der Waals surface area contributed by atoms with Gasteiger partial charge in [0.15, 0.2) is 0 Å². The van der Waals surface area contributed by atoms with Crippen molar-refractivity contribution in [2.24, 2.45) is 5.73 Å². The average molecular weight is 229 g/mol. The minimum atomic E-state index is -0.403. The molecule has 0 saturated heterocycles. The van der Waals surface area contributed by atoms with Crippen LogP contribution in [0.2, 0.25) is 5.02 Å². The Hall–Kier alpha value is -1.26. The molecule has 0 aromatic heterocycles. The summed E-state index contributed by atoms with van der Waals surface area (Å²) in [6.07, 6.45) is 0. The lowest BCUT2D eigenvalue weighted by Gasteiger charge is -2.10. The van der Waals surface area contributed by atoms with Gasteiger partial charge in [-0.05, 0) is 24.6 Å². The largest absolute Gasteiger partial charge is 0.506 e. The number of benzene rings is 1. The second-order valence-corrected chi connectivity index (χ2v) is 3.70. The summed E-state index contributed by atoms with van der Waals surface area (Å²) in [7, 11) is 0. The molecule has 0 saturated carbocycles. The molecule has 0 aliphatic carbocycles. The molecule has 0 aliphatic heterocycles. The first-order valence-electron chi connectivity index (χ1n) is 4.51. The van der Waals surface area contributed by atoms with Gasteiger partial charge in [-0.2, -0.15) is 0 Å². The van der Waals surface area contributed by atoms with Crippen molar-refractivity contribution in [2.45, 2.75) is 19.5 Å². The molecule has 0 aliphatic rings. The number of rotatable bonds is 4. The van der Waals surface area contributed by atoms with Gasteiger partial charge in [-0.3, -0.25) is 4.79 Å². The Balaban J connectivity index is 2.58. The minimum absolute atomic E-state index is 0.0448. The number of primary amides is 1. The Labute approximate surface area is 93.0 Å². The summed E-state index contributed by atoms with van der Waals surface area (Å²) in [5.41, 5.74) is 5.97. The Morgan fingerprint density at radius 3 is 2.87 bits per heavy atom. The molecule has 1 unspecified atom stereocenters. The maximum absolute atomic E-state index is 10.7. The van der Waals surface area contributed by atoms with Gasteiger partial charge in [0, 0.05) is 6.54 Å². The van der Waals surface area contributed by atoms with Crippen LogP contribution in [-0.4, -0.2) is 17.1 Å². The molecule has 0 fully saturated rings. The van der Waals surface area contributed by atoms with E-state index in [4.69, 9.17) is 17.3 Å². The summed E-state index contributed by atoms with van der Waals surface area (Å²) in [5.74, 6) is -0.358. The van der Waals surface area contributed by atoms with E-state index >= 15 is 0 Å². The van der Waals surface area contributed by atoms with E-state index in [-0.39, 0.29) is 5.75 Å². The third-order valence-electron chi connectivity index (χ3n) is 2.05. The topological polar surface area (TPSA) is 75.3 Å². The van der Waals surface area contributed by atoms with E-state index in [2.05, 4.69) is 5.32 Å². The summed E-state index contributed by atoms with van der Waals surface area (Å²) < 4.78 is 0. The standard InChI is InChI=1S/C10H13ClN2O2/c1-6(10(12)15)13-5-7-2-3-9(14)8(11)4-7/h2-4,6,13-14H,5H2,1H3,(H2,12,15). The molecule has 82 valence electrons. The van der Waals surface area contributed by atoms with Crippen molar-refractivity contribution in [3.8, 4) is 5.75 Å². The fourth-order valence-corrected chi connectivity index (χ4v) is 1.24. The maximum atomic E-state index is 10.7. The second kappa shape index (κ2) is 5.00. The van der Waals surface area contributed by atoms with Gasteiger partial charge in [0.2, 0.25) is 5.91 Å². The van der Waals surface area contributed by atoms with Crippen LogP contribution in [0.3, 0.4) is 0 Å². The van der Waals surface area contributed by atoms with Crippen LogP contribution in [-0.2, 0) is 11.3 Å². The predicted octanol–water partition coefficient (Wildman–Crippen LogP) is 1.01. The summed E-state index contributed by atoms with van der Waals surface area (Å²) in [6, 6.07) is 4.48. The molecule has 4 N–H and O–H groups in total. The van der Waals surface area contributed by atoms with Gasteiger partial charge >= 0.3 is 0 Å². The lowest BCUT2D eigenvalue weighted by atomic mass is 10.2. The number of carbonyl (C=O) groups is 1. The molecule has 0 heterocycles. The van der Waals surface area contributed by atoms with E-state index in [1.165, 1.54) is 6.07 Å². The SMILES string of the molecule is CC(NCc1ccc(O)c(Cl)c1)C(N)=O. The van der Waals surface area contributed by atoms with Gasteiger partial charge in [-0.1, -0.05) is 17.7 Å². The predicted molar refractivity (Wildman–Crippen MR) is 58.6 cm³/mol. The van der Waals surface area contributed by atoms with Crippen molar-refractivity contribution in [3.05, 3.63) is 28.8 Å². The molecule has 0 spiro atoms. The van der Waals surface area contributed by atoms with Gasteiger partial charge in [-0.25, -0.2) is 0 Å². The molecule has 0 bridgehead atoms. The zero-order valence-corrected chi connectivity index (χ0v) is 9.08. The van der Waals surface area contributed by atoms with Crippen LogP contribution in [0.4, 0.5) is 0 Å². The van der Waals surface area contributed by atoms with Crippen LogP contribution in [0.1, 0.15) is 12.5 Å². The number of hydrogen-bond donors (Lipinski definition) is 3. The lowest BCUT2D eigenvalue weighted by molar-refractivity contribution is -0.119. The molecular formula is C10H13ClN2O2. The maximum Gasteiger partial charge on any atom is 0.234 e. The number of carbonyl (C=O) groups excluding carboxylic acids is 1. The van der Waals surface area contributed by atoms with Crippen molar-refractivity contribution in [1.82, 2.24) is 5.32 Å². The molecule has 0 radical (unpaired) electrons. The van der Waals surface area contributed by atoms with E-state index in [1.54, 1.807) is 19.1 Å². The van der Waals surface area contributed by atoms with Crippen LogP contribution in [0.25, 0.3) is 0 Å². The smallest absolute Gasteiger partial charge is 0.234 e. The number of hydrogen-bond acceptors (Lipinski definition) is 3. The van der Waals surface area contributed by atoms with E-state index in [1.807, 2.05) is 0 Å². The Morgan fingerprint density at radius 2 is 2.33 bits per heavy atom. The third kappa shape index (κ3) is 3.42. The molecule has 5 heteroatoms. The molecule has 1 aromatic carbocycles. The van der Waals surface area contributed by atoms with Crippen molar-refractivity contribution in [1.29, 1.82) is 0 Å². The van der Waals surface area contributed by atoms with Gasteiger partial charge < -0.3 is 16.2 Å². The van der Waals surface area contributed by atoms with Crippen LogP contribution in [0.15, 0.2) is 18.2 Å². The number of halogens is 1. The van der Waals surface area contributed by atoms with Gasteiger partial charge in [-0.15, -0.1) is 0 Å². The highest BCUT2D eigenvalue weighted by Crippen LogP contribution is 2.23. The number of phenols is 1. The van der Waals surface area contributed by atoms with Crippen LogP contribution in [0.5, 0.6) is 5.75 Å². The zero-order chi connectivity index (χ0) is 11.4. The van der Waals surface area contributed by atoms with Gasteiger partial charge in [0.25, 0.3) is 0 Å². The molecule has 4 nitrogen and oxygen atoms in total. The monoisotopic (exact) mass is 228 g/mol. The number of nitrogens with two attached hydrogens (primary N) is 1. The summed E-state index contributed by atoms with van der Waals surface area (Å²) in [6.45, 7) is 2.16. The fraction of sp³-hybridized carbons (Fsp3) is 0.300. The van der Waals surface area contributed by atoms with Crippen LogP contribution >= 0.6 is 11.6 Å².